The van der Waals surface area contributed by atoms with Crippen molar-refractivity contribution >= 4 is 0 Å². The molecule has 0 aromatic rings. The summed E-state index contributed by atoms with van der Waals surface area (Å²) in [6.07, 6.45) is 2.84. The van der Waals surface area contributed by atoms with E-state index in [-0.39, 0.29) is 23.6 Å². The van der Waals surface area contributed by atoms with Gasteiger partial charge in [-0.25, -0.2) is 0 Å². The molecule has 1 spiro atoms. The quantitative estimate of drug-likeness (QED) is 0.406. The summed E-state index contributed by atoms with van der Waals surface area (Å²) in [5.74, 6) is -2.41. The number of ether oxygens (including phenoxy) is 3. The fraction of sp³-hybridized carbons (Fsp3) is 1.00. The van der Waals surface area contributed by atoms with Crippen LogP contribution in [0.25, 0.3) is 0 Å². The number of fused-ring (bicyclic) bond motifs is 2. The standard InChI is InChI=1S/C28H53N3O6/c1-17-15-28(34)24(36-26-23(37-28)21(30(5)6)14-18(2)35-26)19(3)22(32)20(4)25(33)29-27(10-8-9-11-27)12-13-31(7)16-17/h17-26,29,32-34H,8-16H2,1-7H3/t17-,18-,19+,20-,21+,22+,23-,24-,25?,26+,28+/m1/s1. The van der Waals surface area contributed by atoms with E-state index in [9.17, 15) is 15.3 Å². The topological polar surface area (TPSA) is 107 Å². The SMILES string of the molecule is C[C@H]1CN(C)CCC2(CCCC2)NC(O)[C@H](C)[C@@H](O)[C@H](C)[C@H]2O[C@@H]3O[C@H](C)C[C@H](N(C)C)[C@H]3O[C@@]2(O)C1. The van der Waals surface area contributed by atoms with E-state index in [1.165, 1.54) is 0 Å². The van der Waals surface area contributed by atoms with Crippen molar-refractivity contribution in [2.75, 3.05) is 34.2 Å². The van der Waals surface area contributed by atoms with Gasteiger partial charge in [-0.15, -0.1) is 0 Å². The van der Waals surface area contributed by atoms with Crippen LogP contribution in [0.2, 0.25) is 0 Å². The molecule has 9 nitrogen and oxygen atoms in total. The summed E-state index contributed by atoms with van der Waals surface area (Å²) in [6.45, 7) is 9.64. The Labute approximate surface area is 223 Å². The van der Waals surface area contributed by atoms with Crippen LogP contribution in [0.4, 0.5) is 0 Å². The first-order valence-corrected chi connectivity index (χ1v) is 14.5. The van der Waals surface area contributed by atoms with Gasteiger partial charge in [-0.3, -0.25) is 5.32 Å². The highest BCUT2D eigenvalue weighted by Gasteiger charge is 2.57. The molecule has 4 aliphatic rings. The van der Waals surface area contributed by atoms with Gasteiger partial charge in [-0.2, -0.15) is 0 Å². The molecule has 4 N–H and O–H groups in total. The molecule has 3 heterocycles. The Bertz CT molecular complexity index is 751. The van der Waals surface area contributed by atoms with Crippen molar-refractivity contribution in [3.63, 3.8) is 0 Å². The lowest BCUT2D eigenvalue weighted by Gasteiger charge is -2.55. The van der Waals surface area contributed by atoms with Gasteiger partial charge in [-0.1, -0.05) is 33.6 Å². The third-order valence-electron chi connectivity index (χ3n) is 9.62. The van der Waals surface area contributed by atoms with Gasteiger partial charge >= 0.3 is 0 Å². The maximum Gasteiger partial charge on any atom is 0.193 e. The minimum Gasteiger partial charge on any atom is -0.392 e. The summed E-state index contributed by atoms with van der Waals surface area (Å²) in [5, 5.41) is 38.4. The lowest BCUT2D eigenvalue weighted by Crippen LogP contribution is -2.68. The number of rotatable bonds is 1. The van der Waals surface area contributed by atoms with Crippen molar-refractivity contribution < 1.29 is 29.5 Å². The van der Waals surface area contributed by atoms with Crippen molar-refractivity contribution in [3.8, 4) is 0 Å². The number of aliphatic hydroxyl groups is 3. The first kappa shape index (κ1) is 29.6. The van der Waals surface area contributed by atoms with Gasteiger partial charge in [-0.05, 0) is 66.2 Å². The van der Waals surface area contributed by atoms with Crippen molar-refractivity contribution in [1.29, 1.82) is 0 Å². The number of hydrogen-bond acceptors (Lipinski definition) is 9. The Morgan fingerprint density at radius 3 is 2.30 bits per heavy atom. The molecular weight excluding hydrogens is 474 g/mol. The molecule has 11 atom stereocenters. The van der Waals surface area contributed by atoms with Gasteiger partial charge in [0, 0.05) is 36.4 Å². The first-order chi connectivity index (χ1) is 17.3. The van der Waals surface area contributed by atoms with Gasteiger partial charge < -0.3 is 39.3 Å². The molecule has 4 rings (SSSR count). The lowest BCUT2D eigenvalue weighted by atomic mass is 9.80. The van der Waals surface area contributed by atoms with E-state index in [0.717, 1.165) is 51.6 Å². The van der Waals surface area contributed by atoms with E-state index in [0.29, 0.717) is 6.42 Å². The molecule has 1 unspecified atom stereocenters. The summed E-state index contributed by atoms with van der Waals surface area (Å²) < 4.78 is 19.3. The molecule has 0 aromatic heterocycles. The smallest absolute Gasteiger partial charge is 0.193 e. The number of nitrogens with zero attached hydrogens (tertiary/aromatic N) is 2. The molecule has 1 saturated carbocycles. The highest BCUT2D eigenvalue weighted by atomic mass is 16.8. The number of nitrogens with one attached hydrogen (secondary N) is 1. The van der Waals surface area contributed by atoms with Gasteiger partial charge in [0.2, 0.25) is 0 Å². The van der Waals surface area contributed by atoms with E-state index < -0.39 is 48.5 Å². The summed E-state index contributed by atoms with van der Waals surface area (Å²) in [6, 6.07) is 0.0394. The predicted molar refractivity (Wildman–Crippen MR) is 142 cm³/mol. The molecule has 0 amide bonds. The molecule has 0 radical (unpaired) electrons. The Balaban J connectivity index is 1.64. The first-order valence-electron chi connectivity index (χ1n) is 14.5. The third kappa shape index (κ3) is 6.36. The molecule has 3 saturated heterocycles. The second-order valence-electron chi connectivity index (χ2n) is 13.2. The van der Waals surface area contributed by atoms with Crippen LogP contribution in [-0.2, 0) is 14.2 Å². The minimum absolute atomic E-state index is 0.0118. The van der Waals surface area contributed by atoms with Crippen LogP contribution in [0.3, 0.4) is 0 Å². The highest BCUT2D eigenvalue weighted by molar-refractivity contribution is 5.00. The Hall–Kier alpha value is -0.360. The van der Waals surface area contributed by atoms with Crippen molar-refractivity contribution in [2.24, 2.45) is 17.8 Å². The van der Waals surface area contributed by atoms with E-state index >= 15 is 0 Å². The summed E-state index contributed by atoms with van der Waals surface area (Å²) in [5.41, 5.74) is -0.107. The number of likely N-dealkylation sites (N-methyl/N-ethyl adjacent to an activating group) is 1. The van der Waals surface area contributed by atoms with Crippen LogP contribution in [-0.4, -0.2) is 114 Å². The Morgan fingerprint density at radius 2 is 1.65 bits per heavy atom. The van der Waals surface area contributed by atoms with Crippen molar-refractivity contribution in [2.45, 2.75) is 127 Å². The third-order valence-corrected chi connectivity index (χ3v) is 9.62. The normalized spacial score (nSPS) is 48.4. The molecule has 37 heavy (non-hydrogen) atoms. The molecule has 9 heteroatoms. The molecule has 0 aromatic carbocycles. The minimum atomic E-state index is -1.59. The van der Waals surface area contributed by atoms with Gasteiger partial charge in [0.15, 0.2) is 12.1 Å². The predicted octanol–water partition coefficient (Wildman–Crippen LogP) is 1.74. The summed E-state index contributed by atoms with van der Waals surface area (Å²) in [7, 11) is 6.17. The average Bonchev–Trinajstić information content (AvgIpc) is 3.28. The maximum absolute atomic E-state index is 12.1. The lowest BCUT2D eigenvalue weighted by molar-refractivity contribution is -0.424. The van der Waals surface area contributed by atoms with E-state index in [2.05, 4.69) is 29.1 Å². The second kappa shape index (κ2) is 11.6. The molecule has 4 fully saturated rings. The van der Waals surface area contributed by atoms with Crippen LogP contribution in [0.1, 0.15) is 72.6 Å². The summed E-state index contributed by atoms with van der Waals surface area (Å²) in [4.78, 5) is 4.44. The Kier molecular flexibility index (Phi) is 9.31. The van der Waals surface area contributed by atoms with Gasteiger partial charge in [0.05, 0.1) is 12.2 Å². The van der Waals surface area contributed by atoms with E-state index in [1.54, 1.807) is 0 Å². The van der Waals surface area contributed by atoms with Gasteiger partial charge in [0.25, 0.3) is 0 Å². The van der Waals surface area contributed by atoms with Crippen LogP contribution >= 0.6 is 0 Å². The molecule has 216 valence electrons. The monoisotopic (exact) mass is 527 g/mol. The Morgan fingerprint density at radius 1 is 0.973 bits per heavy atom. The molecule has 0 bridgehead atoms. The zero-order valence-electron chi connectivity index (χ0n) is 24.1. The average molecular weight is 528 g/mol. The zero-order chi connectivity index (χ0) is 27.1. The van der Waals surface area contributed by atoms with Crippen LogP contribution in [0.15, 0.2) is 0 Å². The molecule has 3 aliphatic heterocycles. The number of hydrogen-bond donors (Lipinski definition) is 4. The highest BCUT2D eigenvalue weighted by Crippen LogP contribution is 2.43. The largest absolute Gasteiger partial charge is 0.392 e. The molecule has 1 aliphatic carbocycles. The van der Waals surface area contributed by atoms with Crippen molar-refractivity contribution in [1.82, 2.24) is 15.1 Å². The summed E-state index contributed by atoms with van der Waals surface area (Å²) >= 11 is 0. The zero-order valence-corrected chi connectivity index (χ0v) is 24.1. The van der Waals surface area contributed by atoms with Crippen molar-refractivity contribution in [3.05, 3.63) is 0 Å². The fourth-order valence-corrected chi connectivity index (χ4v) is 7.42. The van der Waals surface area contributed by atoms with Crippen LogP contribution < -0.4 is 5.32 Å². The van der Waals surface area contributed by atoms with Crippen LogP contribution in [0, 0.1) is 17.8 Å². The van der Waals surface area contributed by atoms with E-state index in [1.807, 2.05) is 34.9 Å². The van der Waals surface area contributed by atoms with Gasteiger partial charge in [0.1, 0.15) is 18.4 Å². The number of aliphatic hydroxyl groups excluding tert-OH is 2. The molecular formula is C28H53N3O6. The van der Waals surface area contributed by atoms with E-state index in [4.69, 9.17) is 14.2 Å². The second-order valence-corrected chi connectivity index (χ2v) is 13.2. The fourth-order valence-electron chi connectivity index (χ4n) is 7.42. The maximum atomic E-state index is 12.1. The van der Waals surface area contributed by atoms with Crippen LogP contribution in [0.5, 0.6) is 0 Å².